The molecule has 0 saturated heterocycles. The number of hydrogen-bond acceptors (Lipinski definition) is 7. The Labute approximate surface area is 198 Å². The minimum absolute atomic E-state index is 0.144. The number of fused-ring (bicyclic) bond motifs is 2. The van der Waals surface area contributed by atoms with Crippen LogP contribution in [0.1, 0.15) is 23.6 Å². The number of aromatic nitrogens is 6. The van der Waals surface area contributed by atoms with Gasteiger partial charge in [0.1, 0.15) is 11.7 Å². The molecule has 1 aliphatic heterocycles. The third-order valence-electron chi connectivity index (χ3n) is 5.78. The first-order valence-electron chi connectivity index (χ1n) is 10.9. The van der Waals surface area contributed by atoms with Crippen LogP contribution in [0.25, 0.3) is 11.0 Å². The molecular weight excluding hydrogens is 454 g/mol. The summed E-state index contributed by atoms with van der Waals surface area (Å²) in [4.78, 5) is 46.1. The standard InChI is InChI=1S/C23H23N7O3S/c1-15-2-4-16(5-3-15)12-28-14-26-21-18(22(28)33)11-27-29(21)9-8-24-19(31)10-17-13-34-23-25-7-6-20(32)30(17)23/h2-7,11,14,17H,8-10,12-13H2,1H3,(H,24,31). The van der Waals surface area contributed by atoms with Crippen LogP contribution in [0.15, 0.2) is 63.8 Å². The van der Waals surface area contributed by atoms with Crippen LogP contribution in [0.5, 0.6) is 0 Å². The number of carbonyl (C=O) groups is 1. The van der Waals surface area contributed by atoms with Gasteiger partial charge in [-0.15, -0.1) is 0 Å². The topological polar surface area (TPSA) is 117 Å². The fourth-order valence-corrected chi connectivity index (χ4v) is 5.11. The van der Waals surface area contributed by atoms with Gasteiger partial charge in [0.05, 0.1) is 25.3 Å². The van der Waals surface area contributed by atoms with E-state index in [1.54, 1.807) is 13.8 Å². The molecule has 0 bridgehead atoms. The van der Waals surface area contributed by atoms with E-state index in [4.69, 9.17) is 0 Å². The average Bonchev–Trinajstić information content (AvgIpc) is 3.43. The van der Waals surface area contributed by atoms with Crippen molar-refractivity contribution in [3.8, 4) is 0 Å². The first-order chi connectivity index (χ1) is 16.5. The molecule has 174 valence electrons. The quantitative estimate of drug-likeness (QED) is 0.400. The molecule has 0 spiro atoms. The Morgan fingerprint density at radius 3 is 2.82 bits per heavy atom. The zero-order chi connectivity index (χ0) is 23.7. The van der Waals surface area contributed by atoms with Crippen molar-refractivity contribution in [3.63, 3.8) is 0 Å². The molecule has 1 aromatic carbocycles. The van der Waals surface area contributed by atoms with Crippen molar-refractivity contribution in [2.45, 2.75) is 37.6 Å². The second-order valence-electron chi connectivity index (χ2n) is 8.22. The van der Waals surface area contributed by atoms with Gasteiger partial charge in [0.2, 0.25) is 5.91 Å². The summed E-state index contributed by atoms with van der Waals surface area (Å²) in [5, 5.41) is 8.24. The molecule has 11 heteroatoms. The predicted molar refractivity (Wildman–Crippen MR) is 128 cm³/mol. The smallest absolute Gasteiger partial charge is 0.264 e. The molecule has 1 atom stereocenters. The first-order valence-corrected chi connectivity index (χ1v) is 11.9. The number of nitrogens with one attached hydrogen (secondary N) is 1. The van der Waals surface area contributed by atoms with Crippen LogP contribution < -0.4 is 16.4 Å². The van der Waals surface area contributed by atoms with E-state index in [-0.39, 0.29) is 29.5 Å². The van der Waals surface area contributed by atoms with Crippen molar-refractivity contribution < 1.29 is 4.79 Å². The Balaban J connectivity index is 1.21. The van der Waals surface area contributed by atoms with Crippen LogP contribution in [0.4, 0.5) is 0 Å². The minimum Gasteiger partial charge on any atom is -0.354 e. The van der Waals surface area contributed by atoms with Crippen LogP contribution in [0, 0.1) is 6.92 Å². The highest BCUT2D eigenvalue weighted by Gasteiger charge is 2.26. The Morgan fingerprint density at radius 2 is 2.00 bits per heavy atom. The summed E-state index contributed by atoms with van der Waals surface area (Å²) in [6, 6.07) is 9.21. The molecule has 34 heavy (non-hydrogen) atoms. The van der Waals surface area contributed by atoms with Gasteiger partial charge in [0.15, 0.2) is 10.8 Å². The lowest BCUT2D eigenvalue weighted by atomic mass is 10.1. The lowest BCUT2D eigenvalue weighted by Crippen LogP contribution is -2.32. The van der Waals surface area contributed by atoms with Crippen molar-refractivity contribution in [3.05, 3.63) is 80.9 Å². The molecule has 0 aliphatic carbocycles. The highest BCUT2D eigenvalue weighted by atomic mass is 32.2. The first kappa shape index (κ1) is 22.1. The predicted octanol–water partition coefficient (Wildman–Crippen LogP) is 1.36. The maximum Gasteiger partial charge on any atom is 0.264 e. The monoisotopic (exact) mass is 477 g/mol. The van der Waals surface area contributed by atoms with E-state index >= 15 is 0 Å². The fraction of sp³-hybridized carbons (Fsp3) is 0.304. The minimum atomic E-state index is -0.208. The van der Waals surface area contributed by atoms with Crippen molar-refractivity contribution in [2.24, 2.45) is 0 Å². The van der Waals surface area contributed by atoms with E-state index in [0.29, 0.717) is 41.6 Å². The van der Waals surface area contributed by atoms with Crippen LogP contribution in [-0.4, -0.2) is 47.1 Å². The molecule has 1 aliphatic rings. The zero-order valence-corrected chi connectivity index (χ0v) is 19.4. The van der Waals surface area contributed by atoms with E-state index in [2.05, 4.69) is 20.4 Å². The number of thioether (sulfide) groups is 1. The summed E-state index contributed by atoms with van der Waals surface area (Å²) < 4.78 is 4.76. The van der Waals surface area contributed by atoms with E-state index in [1.807, 2.05) is 31.2 Å². The summed E-state index contributed by atoms with van der Waals surface area (Å²) in [5.74, 6) is 0.487. The number of rotatable bonds is 7. The lowest BCUT2D eigenvalue weighted by Gasteiger charge is -2.13. The molecule has 4 heterocycles. The largest absolute Gasteiger partial charge is 0.354 e. The molecule has 4 aromatic rings. The number of nitrogens with zero attached hydrogens (tertiary/aromatic N) is 6. The van der Waals surface area contributed by atoms with Crippen molar-refractivity contribution in [2.75, 3.05) is 12.3 Å². The van der Waals surface area contributed by atoms with Crippen LogP contribution in [0.2, 0.25) is 0 Å². The van der Waals surface area contributed by atoms with Gasteiger partial charge in [0.25, 0.3) is 11.1 Å². The normalized spacial score (nSPS) is 14.9. The maximum absolute atomic E-state index is 12.9. The van der Waals surface area contributed by atoms with Gasteiger partial charge in [-0.25, -0.2) is 14.6 Å². The number of carbonyl (C=O) groups excluding carboxylic acids is 1. The van der Waals surface area contributed by atoms with E-state index < -0.39 is 0 Å². The Kier molecular flexibility index (Phi) is 6.01. The maximum atomic E-state index is 12.9. The number of hydrogen-bond donors (Lipinski definition) is 1. The van der Waals surface area contributed by atoms with Crippen LogP contribution in [-0.2, 0) is 17.9 Å². The SMILES string of the molecule is Cc1ccc(Cn2cnc3c(cnn3CCNC(=O)CC3CSc4nccc(=O)n43)c2=O)cc1. The van der Waals surface area contributed by atoms with Crippen molar-refractivity contribution in [1.82, 2.24) is 34.2 Å². The second kappa shape index (κ2) is 9.26. The fourth-order valence-electron chi connectivity index (χ4n) is 3.99. The van der Waals surface area contributed by atoms with E-state index in [0.717, 1.165) is 11.1 Å². The highest BCUT2D eigenvalue weighted by Crippen LogP contribution is 2.31. The van der Waals surface area contributed by atoms with E-state index in [1.165, 1.54) is 36.5 Å². The number of amides is 1. The van der Waals surface area contributed by atoms with Gasteiger partial charge in [-0.1, -0.05) is 41.6 Å². The summed E-state index contributed by atoms with van der Waals surface area (Å²) in [7, 11) is 0. The molecule has 1 amide bonds. The Hall–Kier alpha value is -3.73. The summed E-state index contributed by atoms with van der Waals surface area (Å²) in [5.41, 5.74) is 2.37. The van der Waals surface area contributed by atoms with Gasteiger partial charge in [0, 0.05) is 31.0 Å². The Bertz CT molecular complexity index is 1470. The number of benzene rings is 1. The molecule has 5 rings (SSSR count). The molecular formula is C23H23N7O3S. The Morgan fingerprint density at radius 1 is 1.18 bits per heavy atom. The zero-order valence-electron chi connectivity index (χ0n) is 18.5. The third kappa shape index (κ3) is 4.38. The van der Waals surface area contributed by atoms with Crippen molar-refractivity contribution in [1.29, 1.82) is 0 Å². The van der Waals surface area contributed by atoms with Gasteiger partial charge < -0.3 is 5.32 Å². The van der Waals surface area contributed by atoms with Gasteiger partial charge >= 0.3 is 0 Å². The summed E-state index contributed by atoms with van der Waals surface area (Å²) >= 11 is 1.48. The average molecular weight is 478 g/mol. The highest BCUT2D eigenvalue weighted by molar-refractivity contribution is 7.99. The molecule has 0 saturated carbocycles. The third-order valence-corrected chi connectivity index (χ3v) is 6.89. The number of aryl methyl sites for hydroxylation is 1. The summed E-state index contributed by atoms with van der Waals surface area (Å²) in [6.07, 6.45) is 4.74. The van der Waals surface area contributed by atoms with Crippen molar-refractivity contribution >= 4 is 28.7 Å². The molecule has 0 fully saturated rings. The molecule has 0 radical (unpaired) electrons. The van der Waals surface area contributed by atoms with Crippen LogP contribution >= 0.6 is 11.8 Å². The molecule has 3 aromatic heterocycles. The lowest BCUT2D eigenvalue weighted by molar-refractivity contribution is -0.121. The second-order valence-corrected chi connectivity index (χ2v) is 9.21. The van der Waals surface area contributed by atoms with E-state index in [9.17, 15) is 14.4 Å². The summed E-state index contributed by atoms with van der Waals surface area (Å²) in [6.45, 7) is 3.16. The van der Waals surface area contributed by atoms with Gasteiger partial charge in [-0.2, -0.15) is 5.10 Å². The molecule has 10 nitrogen and oxygen atoms in total. The van der Waals surface area contributed by atoms with Crippen LogP contribution in [0.3, 0.4) is 0 Å². The molecule has 1 unspecified atom stereocenters. The van der Waals surface area contributed by atoms with Gasteiger partial charge in [-0.05, 0) is 12.5 Å². The van der Waals surface area contributed by atoms with Gasteiger partial charge in [-0.3, -0.25) is 23.5 Å². The molecule has 1 N–H and O–H groups in total.